The summed E-state index contributed by atoms with van der Waals surface area (Å²) in [5, 5.41) is 9.84. The molecule has 0 aromatic heterocycles. The van der Waals surface area contributed by atoms with Gasteiger partial charge in [-0.15, -0.1) is 0 Å². The average molecular weight is 318 g/mol. The van der Waals surface area contributed by atoms with Crippen LogP contribution in [0.2, 0.25) is 0 Å². The van der Waals surface area contributed by atoms with Crippen LogP contribution >= 0.6 is 0 Å². The summed E-state index contributed by atoms with van der Waals surface area (Å²) in [6, 6.07) is 10.0. The molecule has 0 atom stereocenters. The maximum atomic E-state index is 12.2. The van der Waals surface area contributed by atoms with Gasteiger partial charge in [-0.2, -0.15) is 0 Å². The Bertz CT molecular complexity index is 670. The zero-order valence-electron chi connectivity index (χ0n) is 13.2. The molecule has 1 N–H and O–H groups in total. The number of benzene rings is 2. The summed E-state index contributed by atoms with van der Waals surface area (Å²) in [7, 11) is 4.35. The van der Waals surface area contributed by atoms with Crippen LogP contribution in [0, 0.1) is 0 Å². The number of carbonyl (C=O) groups excluding carboxylic acids is 1. The van der Waals surface area contributed by atoms with Crippen molar-refractivity contribution in [3.05, 3.63) is 47.5 Å². The molecule has 6 nitrogen and oxygen atoms in total. The Balaban J connectivity index is 2.14. The molecule has 2 aromatic rings. The van der Waals surface area contributed by atoms with Crippen LogP contribution in [0.25, 0.3) is 0 Å². The molecular formula is C17H18O6. The summed E-state index contributed by atoms with van der Waals surface area (Å²) in [4.78, 5) is 12.2. The molecule has 0 radical (unpaired) electrons. The van der Waals surface area contributed by atoms with Gasteiger partial charge in [0.05, 0.1) is 26.9 Å². The first kappa shape index (κ1) is 16.5. The van der Waals surface area contributed by atoms with Gasteiger partial charge in [-0.1, -0.05) is 12.1 Å². The number of carbonyl (C=O) groups is 1. The maximum Gasteiger partial charge on any atom is 0.338 e. The van der Waals surface area contributed by atoms with Gasteiger partial charge in [0.1, 0.15) is 12.4 Å². The van der Waals surface area contributed by atoms with E-state index in [1.54, 1.807) is 19.2 Å². The fourth-order valence-electron chi connectivity index (χ4n) is 2.01. The zero-order valence-corrected chi connectivity index (χ0v) is 13.2. The predicted octanol–water partition coefficient (Wildman–Crippen LogP) is 2.78. The second kappa shape index (κ2) is 7.40. The molecule has 0 amide bonds. The van der Waals surface area contributed by atoms with Gasteiger partial charge in [0.25, 0.3) is 0 Å². The minimum Gasteiger partial charge on any atom is -0.502 e. The third kappa shape index (κ3) is 3.85. The van der Waals surface area contributed by atoms with Crippen molar-refractivity contribution in [1.29, 1.82) is 0 Å². The Kier molecular flexibility index (Phi) is 5.30. The highest BCUT2D eigenvalue weighted by atomic mass is 16.5. The number of hydrogen-bond donors (Lipinski definition) is 1. The van der Waals surface area contributed by atoms with Crippen LogP contribution in [0.15, 0.2) is 36.4 Å². The normalized spacial score (nSPS) is 10.0. The van der Waals surface area contributed by atoms with E-state index in [1.807, 2.05) is 12.1 Å². The molecule has 6 heteroatoms. The number of aromatic hydroxyl groups is 1. The first-order chi connectivity index (χ1) is 11.1. The smallest absolute Gasteiger partial charge is 0.338 e. The van der Waals surface area contributed by atoms with E-state index in [4.69, 9.17) is 18.9 Å². The molecule has 0 aliphatic rings. The molecule has 0 saturated carbocycles. The van der Waals surface area contributed by atoms with Crippen LogP contribution in [0.5, 0.6) is 23.0 Å². The van der Waals surface area contributed by atoms with Crippen LogP contribution < -0.4 is 14.2 Å². The number of phenols is 1. The molecule has 122 valence electrons. The summed E-state index contributed by atoms with van der Waals surface area (Å²) >= 11 is 0. The van der Waals surface area contributed by atoms with Crippen LogP contribution in [-0.4, -0.2) is 32.4 Å². The van der Waals surface area contributed by atoms with E-state index in [-0.39, 0.29) is 29.4 Å². The standard InChI is InChI=1S/C17H18O6/c1-20-13-6-4-5-11(7-13)10-23-17(19)12-8-14(21-2)16(18)15(9-12)22-3/h4-9,18H,10H2,1-3H3. The minimum absolute atomic E-state index is 0.0988. The predicted molar refractivity (Wildman–Crippen MR) is 83.3 cm³/mol. The lowest BCUT2D eigenvalue weighted by Gasteiger charge is -2.11. The molecule has 0 spiro atoms. The quantitative estimate of drug-likeness (QED) is 0.826. The van der Waals surface area contributed by atoms with Crippen LogP contribution in [0.4, 0.5) is 0 Å². The highest BCUT2D eigenvalue weighted by Crippen LogP contribution is 2.37. The van der Waals surface area contributed by atoms with Crippen molar-refractivity contribution in [2.24, 2.45) is 0 Å². The average Bonchev–Trinajstić information content (AvgIpc) is 2.60. The van der Waals surface area contributed by atoms with Gasteiger partial charge in [0.15, 0.2) is 11.5 Å². The summed E-state index contributed by atoms with van der Waals surface area (Å²) in [6.45, 7) is 0.0988. The maximum absolute atomic E-state index is 12.2. The summed E-state index contributed by atoms with van der Waals surface area (Å²) < 4.78 is 20.4. The van der Waals surface area contributed by atoms with Crippen molar-refractivity contribution in [2.45, 2.75) is 6.61 Å². The highest BCUT2D eigenvalue weighted by molar-refractivity contribution is 5.91. The van der Waals surface area contributed by atoms with Gasteiger partial charge < -0.3 is 24.1 Å². The van der Waals surface area contributed by atoms with Crippen molar-refractivity contribution in [3.8, 4) is 23.0 Å². The highest BCUT2D eigenvalue weighted by Gasteiger charge is 2.16. The minimum atomic E-state index is -0.551. The molecular weight excluding hydrogens is 300 g/mol. The molecule has 0 unspecified atom stereocenters. The summed E-state index contributed by atoms with van der Waals surface area (Å²) in [5.41, 5.74) is 1.02. The first-order valence-electron chi connectivity index (χ1n) is 6.84. The van der Waals surface area contributed by atoms with E-state index in [0.717, 1.165) is 5.56 Å². The molecule has 0 bridgehead atoms. The van der Waals surface area contributed by atoms with E-state index in [1.165, 1.54) is 26.4 Å². The molecule has 0 heterocycles. The second-order valence-corrected chi connectivity index (χ2v) is 4.66. The number of rotatable bonds is 6. The van der Waals surface area contributed by atoms with Gasteiger partial charge in [-0.3, -0.25) is 0 Å². The van der Waals surface area contributed by atoms with E-state index in [2.05, 4.69) is 0 Å². The molecule has 2 aromatic carbocycles. The lowest BCUT2D eigenvalue weighted by molar-refractivity contribution is 0.0471. The Hall–Kier alpha value is -2.89. The molecule has 0 aliphatic carbocycles. The van der Waals surface area contributed by atoms with Crippen molar-refractivity contribution < 1.29 is 28.8 Å². The number of esters is 1. The number of phenolic OH excluding ortho intramolecular Hbond substituents is 1. The molecule has 0 aliphatic heterocycles. The Morgan fingerprint density at radius 1 is 1.00 bits per heavy atom. The zero-order chi connectivity index (χ0) is 16.8. The van der Waals surface area contributed by atoms with Crippen molar-refractivity contribution in [2.75, 3.05) is 21.3 Å². The topological polar surface area (TPSA) is 74.2 Å². The van der Waals surface area contributed by atoms with Crippen molar-refractivity contribution in [1.82, 2.24) is 0 Å². The third-order valence-electron chi connectivity index (χ3n) is 3.22. The van der Waals surface area contributed by atoms with Gasteiger partial charge in [-0.25, -0.2) is 4.79 Å². The monoisotopic (exact) mass is 318 g/mol. The lowest BCUT2D eigenvalue weighted by atomic mass is 10.2. The number of ether oxygens (including phenoxy) is 4. The Morgan fingerprint density at radius 3 is 2.22 bits per heavy atom. The Morgan fingerprint density at radius 2 is 1.65 bits per heavy atom. The fourth-order valence-corrected chi connectivity index (χ4v) is 2.01. The molecule has 2 rings (SSSR count). The van der Waals surface area contributed by atoms with Gasteiger partial charge in [0.2, 0.25) is 5.75 Å². The van der Waals surface area contributed by atoms with Crippen LogP contribution in [0.1, 0.15) is 15.9 Å². The van der Waals surface area contributed by atoms with Crippen LogP contribution in [0.3, 0.4) is 0 Å². The van der Waals surface area contributed by atoms with Gasteiger partial charge >= 0.3 is 5.97 Å². The van der Waals surface area contributed by atoms with Crippen molar-refractivity contribution >= 4 is 5.97 Å². The third-order valence-corrected chi connectivity index (χ3v) is 3.22. The Labute approximate surface area is 134 Å². The van der Waals surface area contributed by atoms with E-state index in [0.29, 0.717) is 5.75 Å². The van der Waals surface area contributed by atoms with Crippen molar-refractivity contribution in [3.63, 3.8) is 0 Å². The summed E-state index contributed by atoms with van der Waals surface area (Å²) in [5.74, 6) is 0.241. The van der Waals surface area contributed by atoms with E-state index >= 15 is 0 Å². The lowest BCUT2D eigenvalue weighted by Crippen LogP contribution is -2.06. The molecule has 23 heavy (non-hydrogen) atoms. The second-order valence-electron chi connectivity index (χ2n) is 4.66. The largest absolute Gasteiger partial charge is 0.502 e. The SMILES string of the molecule is COc1cccc(COC(=O)c2cc(OC)c(O)c(OC)c2)c1. The molecule has 0 saturated heterocycles. The fraction of sp³-hybridized carbons (Fsp3) is 0.235. The van der Waals surface area contributed by atoms with E-state index in [9.17, 15) is 9.90 Å². The van der Waals surface area contributed by atoms with E-state index < -0.39 is 5.97 Å². The van der Waals surface area contributed by atoms with Gasteiger partial charge in [-0.05, 0) is 29.8 Å². The summed E-state index contributed by atoms with van der Waals surface area (Å²) in [6.07, 6.45) is 0. The first-order valence-corrected chi connectivity index (χ1v) is 6.84. The molecule has 0 fully saturated rings. The van der Waals surface area contributed by atoms with Crippen LogP contribution in [-0.2, 0) is 11.3 Å². The number of methoxy groups -OCH3 is 3. The number of hydrogen-bond acceptors (Lipinski definition) is 6. The van der Waals surface area contributed by atoms with Gasteiger partial charge in [0, 0.05) is 0 Å².